The Morgan fingerprint density at radius 3 is 1.36 bits per heavy atom. The van der Waals surface area contributed by atoms with Crippen LogP contribution in [-0.4, -0.2) is 21.8 Å². The normalized spacial score (nSPS) is 12.0. The van der Waals surface area contributed by atoms with Crippen molar-refractivity contribution in [1.29, 1.82) is 0 Å². The maximum atomic E-state index is 2.55. The SMILES string of the molecule is c1ccc(-c2ccccc2-n2c3cc(-n4c5ccccc5c5c([Si](c6ccccc6)(c6ccccc6)c6ccccc6)cccc54)ccc3c3cccc(-n4c5ccccc5c5ccccc54)c32)cc1. The smallest absolute Gasteiger partial charge is 0.180 e. The molecule has 70 heavy (non-hydrogen) atoms. The Morgan fingerprint density at radius 1 is 0.271 bits per heavy atom. The molecule has 3 nitrogen and oxygen atoms in total. The zero-order chi connectivity index (χ0) is 46.2. The molecule has 0 atom stereocenters. The van der Waals surface area contributed by atoms with Crippen LogP contribution in [0.2, 0.25) is 0 Å². The van der Waals surface area contributed by atoms with Gasteiger partial charge in [-0.1, -0.05) is 224 Å². The molecule has 0 N–H and O–H groups in total. The van der Waals surface area contributed by atoms with Gasteiger partial charge in [-0.2, -0.15) is 0 Å². The van der Waals surface area contributed by atoms with Crippen LogP contribution in [0.4, 0.5) is 0 Å². The first-order valence-electron chi connectivity index (χ1n) is 24.2. The van der Waals surface area contributed by atoms with Crippen LogP contribution in [-0.2, 0) is 0 Å². The number of para-hydroxylation sites is 5. The second-order valence-corrected chi connectivity index (χ2v) is 22.1. The maximum Gasteiger partial charge on any atom is 0.180 e. The van der Waals surface area contributed by atoms with Crippen LogP contribution in [0.3, 0.4) is 0 Å². The van der Waals surface area contributed by atoms with Crippen molar-refractivity contribution in [2.24, 2.45) is 0 Å². The molecule has 14 rings (SSSR count). The lowest BCUT2D eigenvalue weighted by molar-refractivity contribution is 1.12. The summed E-state index contributed by atoms with van der Waals surface area (Å²) >= 11 is 0. The molecular weight excluding hydrogens is 863 g/mol. The molecule has 3 heterocycles. The van der Waals surface area contributed by atoms with E-state index in [-0.39, 0.29) is 0 Å². The first-order valence-corrected chi connectivity index (χ1v) is 26.2. The minimum absolute atomic E-state index is 1.11. The van der Waals surface area contributed by atoms with Crippen LogP contribution in [0.25, 0.3) is 93.6 Å². The Labute approximate surface area is 407 Å². The van der Waals surface area contributed by atoms with Gasteiger partial charge in [-0.05, 0) is 74.8 Å². The van der Waals surface area contributed by atoms with Crippen molar-refractivity contribution >= 4 is 94.2 Å². The van der Waals surface area contributed by atoms with Crippen molar-refractivity contribution in [3.63, 3.8) is 0 Å². The van der Waals surface area contributed by atoms with E-state index in [4.69, 9.17) is 0 Å². The monoisotopic (exact) mass is 907 g/mol. The van der Waals surface area contributed by atoms with E-state index < -0.39 is 8.07 Å². The predicted octanol–water partition coefficient (Wildman–Crippen LogP) is 14.0. The van der Waals surface area contributed by atoms with Crippen LogP contribution in [0.1, 0.15) is 0 Å². The van der Waals surface area contributed by atoms with Crippen LogP contribution in [0.5, 0.6) is 0 Å². The number of nitrogens with zero attached hydrogens (tertiary/aromatic N) is 3. The molecule has 0 radical (unpaired) electrons. The van der Waals surface area contributed by atoms with Gasteiger partial charge >= 0.3 is 0 Å². The molecule has 0 aliphatic rings. The molecule has 0 saturated heterocycles. The first kappa shape index (κ1) is 40.1. The summed E-state index contributed by atoms with van der Waals surface area (Å²) < 4.78 is 7.55. The van der Waals surface area contributed by atoms with Gasteiger partial charge in [0.1, 0.15) is 0 Å². The molecule has 3 aromatic heterocycles. The minimum atomic E-state index is -2.92. The van der Waals surface area contributed by atoms with E-state index in [1.165, 1.54) is 91.8 Å². The fourth-order valence-corrected chi connectivity index (χ4v) is 17.0. The van der Waals surface area contributed by atoms with Crippen molar-refractivity contribution < 1.29 is 0 Å². The van der Waals surface area contributed by atoms with Crippen LogP contribution in [0, 0.1) is 0 Å². The summed E-state index contributed by atoms with van der Waals surface area (Å²) in [6, 6.07) is 101. The van der Waals surface area contributed by atoms with Crippen molar-refractivity contribution in [3.05, 3.63) is 273 Å². The summed E-state index contributed by atoms with van der Waals surface area (Å²) in [4.78, 5) is 0. The van der Waals surface area contributed by atoms with Crippen molar-refractivity contribution in [1.82, 2.24) is 13.7 Å². The summed E-state index contributed by atoms with van der Waals surface area (Å²) in [7, 11) is -2.92. The van der Waals surface area contributed by atoms with E-state index in [0.717, 1.165) is 22.6 Å². The highest BCUT2D eigenvalue weighted by atomic mass is 28.3. The van der Waals surface area contributed by atoms with Gasteiger partial charge < -0.3 is 13.7 Å². The summed E-state index contributed by atoms with van der Waals surface area (Å²) in [6.07, 6.45) is 0. The molecule has 11 aromatic carbocycles. The average molecular weight is 908 g/mol. The van der Waals surface area contributed by atoms with E-state index >= 15 is 0 Å². The molecule has 0 unspecified atom stereocenters. The topological polar surface area (TPSA) is 14.8 Å². The van der Waals surface area contributed by atoms with Gasteiger partial charge in [0.05, 0.1) is 44.5 Å². The third-order valence-corrected chi connectivity index (χ3v) is 19.6. The quantitative estimate of drug-likeness (QED) is 0.107. The molecule has 0 spiro atoms. The van der Waals surface area contributed by atoms with Gasteiger partial charge in [-0.3, -0.25) is 0 Å². The summed E-state index contributed by atoms with van der Waals surface area (Å²) in [5.74, 6) is 0. The van der Waals surface area contributed by atoms with Gasteiger partial charge in [-0.25, -0.2) is 0 Å². The lowest BCUT2D eigenvalue weighted by atomic mass is 10.0. The molecule has 0 fully saturated rings. The fourth-order valence-electron chi connectivity index (χ4n) is 12.0. The Hall–Kier alpha value is -8.96. The van der Waals surface area contributed by atoms with Crippen LogP contribution >= 0.6 is 0 Å². The zero-order valence-corrected chi connectivity index (χ0v) is 39.3. The number of aromatic nitrogens is 3. The highest BCUT2D eigenvalue weighted by Gasteiger charge is 2.43. The van der Waals surface area contributed by atoms with E-state index in [9.17, 15) is 0 Å². The maximum absolute atomic E-state index is 2.92. The van der Waals surface area contributed by atoms with E-state index in [0.29, 0.717) is 0 Å². The molecule has 328 valence electrons. The molecule has 0 aliphatic carbocycles. The van der Waals surface area contributed by atoms with Gasteiger partial charge in [-0.15, -0.1) is 0 Å². The molecule has 0 saturated carbocycles. The largest absolute Gasteiger partial charge is 0.309 e. The Kier molecular flexibility index (Phi) is 9.23. The highest BCUT2D eigenvalue weighted by Crippen LogP contribution is 2.43. The van der Waals surface area contributed by atoms with Gasteiger partial charge in [0.25, 0.3) is 0 Å². The van der Waals surface area contributed by atoms with Crippen LogP contribution < -0.4 is 20.7 Å². The zero-order valence-electron chi connectivity index (χ0n) is 38.3. The second-order valence-electron chi connectivity index (χ2n) is 18.4. The predicted molar refractivity (Wildman–Crippen MR) is 299 cm³/mol. The summed E-state index contributed by atoms with van der Waals surface area (Å²) in [5.41, 5.74) is 12.8. The van der Waals surface area contributed by atoms with Gasteiger partial charge in [0, 0.05) is 43.6 Å². The first-order chi connectivity index (χ1) is 34.8. The minimum Gasteiger partial charge on any atom is -0.309 e. The molecular formula is C66H45N3Si. The number of fused-ring (bicyclic) bond motifs is 9. The third-order valence-electron chi connectivity index (χ3n) is 14.8. The van der Waals surface area contributed by atoms with Gasteiger partial charge in [0.15, 0.2) is 8.07 Å². The number of hydrogen-bond acceptors (Lipinski definition) is 0. The summed E-state index contributed by atoms with van der Waals surface area (Å²) in [5, 5.41) is 12.9. The summed E-state index contributed by atoms with van der Waals surface area (Å²) in [6.45, 7) is 0. The van der Waals surface area contributed by atoms with Crippen molar-refractivity contribution in [2.75, 3.05) is 0 Å². The van der Waals surface area contributed by atoms with Crippen molar-refractivity contribution in [3.8, 4) is 28.2 Å². The van der Waals surface area contributed by atoms with E-state index in [2.05, 4.69) is 287 Å². The van der Waals surface area contributed by atoms with E-state index in [1.807, 2.05) is 0 Å². The van der Waals surface area contributed by atoms with Crippen LogP contribution in [0.15, 0.2) is 273 Å². The molecule has 0 bridgehead atoms. The average Bonchev–Trinajstić information content (AvgIpc) is 4.08. The Bertz CT molecular complexity index is 4130. The fraction of sp³-hybridized carbons (Fsp3) is 0. The second kappa shape index (κ2) is 16.1. The molecule has 0 aliphatic heterocycles. The Morgan fingerprint density at radius 2 is 0.729 bits per heavy atom. The van der Waals surface area contributed by atoms with Gasteiger partial charge in [0.2, 0.25) is 0 Å². The lowest BCUT2D eigenvalue weighted by Crippen LogP contribution is -2.74. The number of rotatable bonds is 8. The Balaban J connectivity index is 1.10. The molecule has 0 amide bonds. The number of hydrogen-bond donors (Lipinski definition) is 0. The molecule has 4 heteroatoms. The lowest BCUT2D eigenvalue weighted by Gasteiger charge is -2.35. The van der Waals surface area contributed by atoms with Crippen molar-refractivity contribution in [2.45, 2.75) is 0 Å². The third kappa shape index (κ3) is 5.87. The van der Waals surface area contributed by atoms with E-state index in [1.54, 1.807) is 0 Å². The molecule has 14 aromatic rings. The highest BCUT2D eigenvalue weighted by molar-refractivity contribution is 7.20. The number of benzene rings is 11. The standard InChI is InChI=1S/C66H45N3Si/c1-5-23-46(24-6-1)51-31-13-17-36-57(51)69-63-45-47(43-44-54(63)55-35-21-41-62(66(55)69)68-58-37-18-14-32-52(58)53-33-15-19-38-59(53)68)67-60-39-20-16-34-56(60)65-61(67)40-22-42-64(65)70(48-25-7-2-8-26-48,49-27-9-3-10-28-49)50-29-11-4-12-30-50/h1-45H.